The van der Waals surface area contributed by atoms with Crippen molar-refractivity contribution in [2.75, 3.05) is 19.6 Å². The number of hydrogen-bond donors (Lipinski definition) is 6. The van der Waals surface area contributed by atoms with Crippen LogP contribution in [0.5, 0.6) is 0 Å². The first-order valence-corrected chi connectivity index (χ1v) is 11.4. The molecule has 2 aromatic rings. The zero-order valence-electron chi connectivity index (χ0n) is 17.0. The number of aliphatic imine (C=N–C) groups is 1. The van der Waals surface area contributed by atoms with Gasteiger partial charge in [-0.15, -0.1) is 11.3 Å². The first kappa shape index (κ1) is 27.8. The number of amides is 2. The van der Waals surface area contributed by atoms with Crippen LogP contribution >= 0.6 is 11.3 Å². The molecule has 0 unspecified atom stereocenters. The van der Waals surface area contributed by atoms with Crippen molar-refractivity contribution in [1.82, 2.24) is 15.4 Å². The molecular weight excluding hydrogens is 496 g/mol. The number of guanidine groups is 1. The highest BCUT2D eigenvalue weighted by Crippen LogP contribution is 2.16. The number of hydrogen-bond acceptors (Lipinski definition) is 7. The maximum Gasteiger partial charge on any atom is 0.323 e. The zero-order valence-corrected chi connectivity index (χ0v) is 19.4. The Kier molecular flexibility index (Phi) is 10.7. The highest BCUT2D eigenvalue weighted by molar-refractivity contribution is 7.89. The van der Waals surface area contributed by atoms with Crippen LogP contribution in [-0.2, 0) is 14.8 Å². The lowest BCUT2D eigenvalue weighted by atomic mass is 10.3. The van der Waals surface area contributed by atoms with Crippen molar-refractivity contribution < 1.29 is 40.3 Å². The normalized spacial score (nSPS) is 11.5. The van der Waals surface area contributed by atoms with Crippen LogP contribution < -0.4 is 39.2 Å². The molecule has 1 aromatic carbocycles. The topological polar surface area (TPSA) is 206 Å². The highest BCUT2D eigenvalue weighted by atomic mass is 35.5. The van der Waals surface area contributed by atoms with E-state index >= 15 is 0 Å². The van der Waals surface area contributed by atoms with Gasteiger partial charge in [0, 0.05) is 13.1 Å². The van der Waals surface area contributed by atoms with Gasteiger partial charge in [0.25, 0.3) is 11.8 Å². The van der Waals surface area contributed by atoms with Crippen LogP contribution in [0.2, 0.25) is 0 Å². The lowest BCUT2D eigenvalue weighted by Crippen LogP contribution is -3.00. The Morgan fingerprint density at radius 1 is 1.00 bits per heavy atom. The third kappa shape index (κ3) is 8.69. The maximum absolute atomic E-state index is 12.3. The van der Waals surface area contributed by atoms with E-state index < -0.39 is 40.4 Å². The fraction of sp³-hybridized carbons (Fsp3) is 0.222. The molecule has 0 aliphatic heterocycles. The molecule has 8 N–H and O–H groups in total. The van der Waals surface area contributed by atoms with Gasteiger partial charge in [-0.1, -0.05) is 18.2 Å². The third-order valence-corrected chi connectivity index (χ3v) is 6.43. The summed E-state index contributed by atoms with van der Waals surface area (Å²) in [7, 11) is -4.10. The number of aliphatic carboxylic acids is 1. The Morgan fingerprint density at radius 2 is 1.58 bits per heavy atom. The standard InChI is InChI=1S/C18H22N6O6S2.ClH/c19-18(20)22-9-8-21-15(25)13-6-7-14(31-13)16(26)23-10-12(17(27)28)24-32(29,30)11-4-2-1-3-5-11;/h1-7,12,24H,8-10H2,(H,21,25)(H,23,26)(H,27,28)(H4,19,20,22);1H/p-1/t12-;/m0./s1. The predicted octanol–water partition coefficient (Wildman–Crippen LogP) is -4.08. The number of thiophene rings is 1. The van der Waals surface area contributed by atoms with Gasteiger partial charge >= 0.3 is 5.97 Å². The van der Waals surface area contributed by atoms with Crippen LogP contribution in [0.4, 0.5) is 0 Å². The molecule has 15 heteroatoms. The van der Waals surface area contributed by atoms with Gasteiger partial charge in [-0.05, 0) is 24.3 Å². The maximum atomic E-state index is 12.3. The summed E-state index contributed by atoms with van der Waals surface area (Å²) in [6.45, 7) is -0.113. The second-order valence-electron chi connectivity index (χ2n) is 6.26. The highest BCUT2D eigenvalue weighted by Gasteiger charge is 2.26. The molecule has 0 radical (unpaired) electrons. The Hall–Kier alpha value is -3.20. The summed E-state index contributed by atoms with van der Waals surface area (Å²) in [5, 5.41) is 14.3. The summed E-state index contributed by atoms with van der Waals surface area (Å²) in [4.78, 5) is 39.9. The SMILES string of the molecule is NC(N)=NCCNC(=O)c1ccc(C(=O)NC[C@H](NS(=O)(=O)c2ccccc2)C(=O)O)s1.[Cl-]. The fourth-order valence-corrected chi connectivity index (χ4v) is 4.39. The van der Waals surface area contributed by atoms with Crippen molar-refractivity contribution in [3.63, 3.8) is 0 Å². The van der Waals surface area contributed by atoms with E-state index in [0.717, 1.165) is 11.3 Å². The van der Waals surface area contributed by atoms with Crippen molar-refractivity contribution in [3.8, 4) is 0 Å². The molecule has 0 spiro atoms. The van der Waals surface area contributed by atoms with Crippen LogP contribution in [0.25, 0.3) is 0 Å². The van der Waals surface area contributed by atoms with Crippen molar-refractivity contribution in [2.45, 2.75) is 10.9 Å². The van der Waals surface area contributed by atoms with Crippen molar-refractivity contribution in [2.24, 2.45) is 16.5 Å². The third-order valence-electron chi connectivity index (χ3n) is 3.86. The molecule has 0 saturated heterocycles. The molecule has 0 fully saturated rings. The van der Waals surface area contributed by atoms with Crippen LogP contribution in [0.1, 0.15) is 19.3 Å². The number of carboxylic acid groups (broad SMARTS) is 1. The largest absolute Gasteiger partial charge is 1.00 e. The van der Waals surface area contributed by atoms with Crippen LogP contribution in [0.3, 0.4) is 0 Å². The molecule has 1 aromatic heterocycles. The number of benzene rings is 1. The van der Waals surface area contributed by atoms with Gasteiger partial charge in [0.15, 0.2) is 5.96 Å². The number of carbonyl (C=O) groups is 3. The molecule has 1 heterocycles. The Labute approximate surface area is 199 Å². The van der Waals surface area contributed by atoms with Crippen LogP contribution in [-0.4, -0.2) is 62.9 Å². The van der Waals surface area contributed by atoms with Gasteiger partial charge < -0.3 is 39.6 Å². The number of sulfonamides is 1. The molecule has 0 bridgehead atoms. The van der Waals surface area contributed by atoms with E-state index in [9.17, 15) is 27.9 Å². The smallest absolute Gasteiger partial charge is 0.323 e. The van der Waals surface area contributed by atoms with Crippen LogP contribution in [0, 0.1) is 0 Å². The van der Waals surface area contributed by atoms with Crippen molar-refractivity contribution in [1.29, 1.82) is 0 Å². The molecule has 0 aliphatic rings. The number of nitrogens with zero attached hydrogens (tertiary/aromatic N) is 1. The lowest BCUT2D eigenvalue weighted by Gasteiger charge is -2.15. The fourth-order valence-electron chi connectivity index (χ4n) is 2.34. The molecular formula is C18H22ClN6O6S2-. The van der Waals surface area contributed by atoms with Gasteiger partial charge in [-0.3, -0.25) is 19.4 Å². The quantitative estimate of drug-likeness (QED) is 0.0978. The summed E-state index contributed by atoms with van der Waals surface area (Å²) in [6.07, 6.45) is 0. The van der Waals surface area contributed by atoms with E-state index in [2.05, 4.69) is 15.6 Å². The van der Waals surface area contributed by atoms with E-state index in [1.807, 2.05) is 4.72 Å². The first-order chi connectivity index (χ1) is 15.1. The minimum absolute atomic E-state index is 0. The van der Waals surface area contributed by atoms with Crippen molar-refractivity contribution >= 4 is 45.1 Å². The molecule has 0 saturated carbocycles. The number of carbonyl (C=O) groups excluding carboxylic acids is 2. The summed E-state index contributed by atoms with van der Waals surface area (Å²) < 4.78 is 26.7. The molecule has 1 atom stereocenters. The van der Waals surface area contributed by atoms with Crippen LogP contribution in [0.15, 0.2) is 52.4 Å². The second kappa shape index (κ2) is 12.7. The number of nitrogens with one attached hydrogen (secondary N) is 3. The minimum atomic E-state index is -4.10. The van der Waals surface area contributed by atoms with E-state index in [-0.39, 0.29) is 46.1 Å². The van der Waals surface area contributed by atoms with Gasteiger partial charge in [0.2, 0.25) is 10.0 Å². The molecule has 33 heavy (non-hydrogen) atoms. The Balaban J connectivity index is 0.00000544. The summed E-state index contributed by atoms with van der Waals surface area (Å²) in [6, 6.07) is 8.48. The predicted molar refractivity (Wildman–Crippen MR) is 118 cm³/mol. The minimum Gasteiger partial charge on any atom is -1.00 e. The van der Waals surface area contributed by atoms with E-state index in [1.165, 1.54) is 36.4 Å². The number of halogens is 1. The van der Waals surface area contributed by atoms with Gasteiger partial charge in [-0.2, -0.15) is 4.72 Å². The van der Waals surface area contributed by atoms with E-state index in [0.29, 0.717) is 0 Å². The van der Waals surface area contributed by atoms with Gasteiger partial charge in [0.1, 0.15) is 6.04 Å². The second-order valence-corrected chi connectivity index (χ2v) is 9.06. The monoisotopic (exact) mass is 517 g/mol. The molecule has 0 aliphatic carbocycles. The Morgan fingerprint density at radius 3 is 2.12 bits per heavy atom. The average Bonchev–Trinajstić information content (AvgIpc) is 3.24. The number of nitrogens with two attached hydrogens (primary N) is 2. The van der Waals surface area contributed by atoms with Gasteiger partial charge in [0.05, 0.1) is 21.2 Å². The summed E-state index contributed by atoms with van der Waals surface area (Å²) >= 11 is 0.888. The zero-order chi connectivity index (χ0) is 23.7. The number of rotatable bonds is 11. The molecule has 180 valence electrons. The molecule has 2 rings (SSSR count). The summed E-state index contributed by atoms with van der Waals surface area (Å²) in [5.74, 6) is -2.64. The molecule has 12 nitrogen and oxygen atoms in total. The first-order valence-electron chi connectivity index (χ1n) is 9.12. The molecule has 2 amide bonds. The van der Waals surface area contributed by atoms with E-state index in [1.54, 1.807) is 6.07 Å². The van der Waals surface area contributed by atoms with Crippen molar-refractivity contribution in [3.05, 3.63) is 52.2 Å². The summed E-state index contributed by atoms with van der Waals surface area (Å²) in [5.41, 5.74) is 10.4. The average molecular weight is 518 g/mol. The van der Waals surface area contributed by atoms with E-state index in [4.69, 9.17) is 11.5 Å². The lowest BCUT2D eigenvalue weighted by molar-refractivity contribution is -0.138. The van der Waals surface area contributed by atoms with Gasteiger partial charge in [-0.25, -0.2) is 8.42 Å². The number of carboxylic acids is 1. The Bertz CT molecular complexity index is 1100.